The summed E-state index contributed by atoms with van der Waals surface area (Å²) in [6.07, 6.45) is -4.09. The molecule has 0 saturated heterocycles. The SMILES string of the molecule is O=[SH](=O)NCc1ccccc1Nc1nc(Cl)ncc1C(F)(F)F. The number of thiol groups is 1. The van der Waals surface area contributed by atoms with E-state index in [2.05, 4.69) is 20.0 Å². The summed E-state index contributed by atoms with van der Waals surface area (Å²) >= 11 is 5.55. The molecule has 0 aliphatic heterocycles. The van der Waals surface area contributed by atoms with Crippen LogP contribution in [0, 0.1) is 0 Å². The maximum atomic E-state index is 13.0. The lowest BCUT2D eigenvalue weighted by Crippen LogP contribution is -2.14. The molecule has 0 saturated carbocycles. The van der Waals surface area contributed by atoms with Crippen LogP contribution in [0.15, 0.2) is 30.5 Å². The highest BCUT2D eigenvalue weighted by molar-refractivity contribution is 7.70. The molecule has 0 aliphatic carbocycles. The maximum Gasteiger partial charge on any atom is 0.421 e. The first kappa shape index (κ1) is 17.4. The molecule has 1 heterocycles. The van der Waals surface area contributed by atoms with E-state index in [1.165, 1.54) is 6.07 Å². The van der Waals surface area contributed by atoms with Gasteiger partial charge >= 0.3 is 6.18 Å². The van der Waals surface area contributed by atoms with Gasteiger partial charge in [-0.1, -0.05) is 18.2 Å². The van der Waals surface area contributed by atoms with Crippen molar-refractivity contribution in [2.24, 2.45) is 0 Å². The molecular formula is C12H10ClF3N4O2S. The Morgan fingerprint density at radius 2 is 1.91 bits per heavy atom. The van der Waals surface area contributed by atoms with Gasteiger partial charge in [-0.25, -0.2) is 18.1 Å². The average Bonchev–Trinajstić information content (AvgIpc) is 2.45. The molecule has 2 N–H and O–H groups in total. The fraction of sp³-hybridized carbons (Fsp3) is 0.167. The summed E-state index contributed by atoms with van der Waals surface area (Å²) in [6, 6.07) is 6.26. The van der Waals surface area contributed by atoms with Crippen molar-refractivity contribution >= 4 is 34.0 Å². The Kier molecular flexibility index (Phi) is 5.39. The van der Waals surface area contributed by atoms with Crippen molar-refractivity contribution in [2.75, 3.05) is 5.32 Å². The van der Waals surface area contributed by atoms with Gasteiger partial charge in [-0.15, -0.1) is 0 Å². The predicted octanol–water partition coefficient (Wildman–Crippen LogP) is 2.51. The van der Waals surface area contributed by atoms with Crippen LogP contribution >= 0.6 is 11.6 Å². The third kappa shape index (κ3) is 4.78. The zero-order chi connectivity index (χ0) is 17.0. The van der Waals surface area contributed by atoms with E-state index >= 15 is 0 Å². The Bertz CT molecular complexity index is 775. The largest absolute Gasteiger partial charge is 0.421 e. The van der Waals surface area contributed by atoms with Crippen LogP contribution in [0.1, 0.15) is 11.1 Å². The second kappa shape index (κ2) is 7.11. The molecule has 2 aromatic rings. The van der Waals surface area contributed by atoms with Crippen LogP contribution < -0.4 is 10.0 Å². The number of hydrogen-bond acceptors (Lipinski definition) is 5. The minimum atomic E-state index is -4.67. The summed E-state index contributed by atoms with van der Waals surface area (Å²) in [5.74, 6) is -0.517. The highest BCUT2D eigenvalue weighted by Crippen LogP contribution is 2.35. The fourth-order valence-corrected chi connectivity index (χ4v) is 2.17. The number of aromatic nitrogens is 2. The average molecular weight is 367 g/mol. The van der Waals surface area contributed by atoms with E-state index in [0.717, 1.165) is 0 Å². The zero-order valence-electron chi connectivity index (χ0n) is 11.3. The molecule has 0 radical (unpaired) electrons. The third-order valence-corrected chi connectivity index (χ3v) is 3.33. The highest BCUT2D eigenvalue weighted by Gasteiger charge is 2.35. The van der Waals surface area contributed by atoms with Gasteiger partial charge in [0.1, 0.15) is 11.4 Å². The minimum absolute atomic E-state index is 0.0813. The van der Waals surface area contributed by atoms with E-state index in [1.807, 2.05) is 0 Å². The van der Waals surface area contributed by atoms with Gasteiger partial charge in [0.2, 0.25) is 16.2 Å². The van der Waals surface area contributed by atoms with Gasteiger partial charge in [0.05, 0.1) is 0 Å². The van der Waals surface area contributed by atoms with E-state index in [0.29, 0.717) is 11.8 Å². The third-order valence-electron chi connectivity index (χ3n) is 2.73. The van der Waals surface area contributed by atoms with Crippen LogP contribution in [-0.4, -0.2) is 18.4 Å². The topological polar surface area (TPSA) is 84.0 Å². The van der Waals surface area contributed by atoms with Crippen molar-refractivity contribution in [2.45, 2.75) is 12.7 Å². The summed E-state index contributed by atoms with van der Waals surface area (Å²) in [5, 5.41) is 2.17. The Morgan fingerprint density at radius 1 is 1.22 bits per heavy atom. The fourth-order valence-electron chi connectivity index (χ4n) is 1.74. The number of anilines is 2. The van der Waals surface area contributed by atoms with Gasteiger partial charge in [0.25, 0.3) is 0 Å². The summed E-state index contributed by atoms with van der Waals surface area (Å²) in [6.45, 7) is -0.0813. The van der Waals surface area contributed by atoms with Gasteiger partial charge in [-0.05, 0) is 23.2 Å². The number of alkyl halides is 3. The molecule has 1 aromatic heterocycles. The molecule has 0 atom stereocenters. The smallest absolute Gasteiger partial charge is 0.339 e. The quantitative estimate of drug-likeness (QED) is 0.559. The molecule has 0 amide bonds. The standard InChI is InChI=1S/C12H10ClF3N4O2S/c13-11-17-6-8(12(14,15)16)10(20-11)19-9-4-2-1-3-7(9)5-18-23(21)22/h1-4,6,23H,5H2,(H,17,19,20)(H,18,21,22). The van der Waals surface area contributed by atoms with Crippen molar-refractivity contribution in [1.82, 2.24) is 14.7 Å². The first-order valence-electron chi connectivity index (χ1n) is 6.10. The van der Waals surface area contributed by atoms with Crippen molar-refractivity contribution in [3.8, 4) is 0 Å². The molecule has 23 heavy (non-hydrogen) atoms. The highest BCUT2D eigenvalue weighted by atomic mass is 35.5. The lowest BCUT2D eigenvalue weighted by Gasteiger charge is -2.15. The number of halogens is 4. The molecule has 124 valence electrons. The van der Waals surface area contributed by atoms with Crippen molar-refractivity contribution in [3.63, 3.8) is 0 Å². The van der Waals surface area contributed by atoms with Crippen molar-refractivity contribution in [3.05, 3.63) is 46.9 Å². The Hall–Kier alpha value is -1.91. The summed E-state index contributed by atoms with van der Waals surface area (Å²) < 4.78 is 62.3. The molecule has 1 aromatic carbocycles. The van der Waals surface area contributed by atoms with E-state index in [9.17, 15) is 21.6 Å². The molecular weight excluding hydrogens is 357 g/mol. The summed E-state index contributed by atoms with van der Waals surface area (Å²) in [7, 11) is -2.83. The van der Waals surface area contributed by atoms with Gasteiger partial charge < -0.3 is 5.32 Å². The van der Waals surface area contributed by atoms with Crippen LogP contribution in [0.4, 0.5) is 24.7 Å². The molecule has 2 rings (SSSR count). The van der Waals surface area contributed by atoms with Crippen LogP contribution in [0.2, 0.25) is 5.28 Å². The molecule has 6 nitrogen and oxygen atoms in total. The van der Waals surface area contributed by atoms with E-state index < -0.39 is 28.4 Å². The van der Waals surface area contributed by atoms with Gasteiger partial charge in [0, 0.05) is 18.4 Å². The Labute approximate surface area is 135 Å². The molecule has 0 aliphatic rings. The normalized spacial score (nSPS) is 11.7. The molecule has 0 spiro atoms. The lowest BCUT2D eigenvalue weighted by molar-refractivity contribution is -0.137. The van der Waals surface area contributed by atoms with Crippen LogP contribution in [0.5, 0.6) is 0 Å². The minimum Gasteiger partial charge on any atom is -0.339 e. The number of nitrogens with zero attached hydrogens (tertiary/aromatic N) is 2. The number of para-hydroxylation sites is 1. The lowest BCUT2D eigenvalue weighted by atomic mass is 10.1. The van der Waals surface area contributed by atoms with E-state index in [1.54, 1.807) is 18.2 Å². The first-order valence-corrected chi connectivity index (χ1v) is 7.65. The zero-order valence-corrected chi connectivity index (χ0v) is 12.9. The van der Waals surface area contributed by atoms with Crippen molar-refractivity contribution in [1.29, 1.82) is 0 Å². The number of rotatable bonds is 5. The second-order valence-electron chi connectivity index (χ2n) is 4.27. The summed E-state index contributed by atoms with van der Waals surface area (Å²) in [5.41, 5.74) is -0.383. The van der Waals surface area contributed by atoms with Crippen LogP contribution in [0.25, 0.3) is 0 Å². The first-order chi connectivity index (χ1) is 10.8. The maximum absolute atomic E-state index is 13.0. The van der Waals surface area contributed by atoms with Gasteiger partial charge in [-0.3, -0.25) is 0 Å². The number of nitrogens with one attached hydrogen (secondary N) is 2. The molecule has 0 unspecified atom stereocenters. The predicted molar refractivity (Wildman–Crippen MR) is 78.9 cm³/mol. The number of benzene rings is 1. The molecule has 11 heteroatoms. The molecule has 0 fully saturated rings. The number of hydrogen-bond donors (Lipinski definition) is 3. The van der Waals surface area contributed by atoms with Crippen molar-refractivity contribution < 1.29 is 21.6 Å². The van der Waals surface area contributed by atoms with Crippen LogP contribution in [-0.2, 0) is 23.6 Å². The van der Waals surface area contributed by atoms with Crippen LogP contribution in [0.3, 0.4) is 0 Å². The second-order valence-corrected chi connectivity index (χ2v) is 5.44. The summed E-state index contributed by atoms with van der Waals surface area (Å²) in [4.78, 5) is 6.89. The monoisotopic (exact) mass is 366 g/mol. The van der Waals surface area contributed by atoms with E-state index in [-0.39, 0.29) is 17.5 Å². The van der Waals surface area contributed by atoms with E-state index in [4.69, 9.17) is 11.6 Å². The molecule has 0 bridgehead atoms. The van der Waals surface area contributed by atoms with Gasteiger partial charge in [0.15, 0.2) is 0 Å². The van der Waals surface area contributed by atoms with Gasteiger partial charge in [-0.2, -0.15) is 18.2 Å². The Balaban J connectivity index is 2.38. The Morgan fingerprint density at radius 3 is 2.57 bits per heavy atom.